The molecular weight excluding hydrogens is 336 g/mol. The highest BCUT2D eigenvalue weighted by molar-refractivity contribution is 5.94. The minimum Gasteiger partial charge on any atom is -0.367 e. The Balaban J connectivity index is 1.71. The lowest BCUT2D eigenvalue weighted by Crippen LogP contribution is -2.49. The summed E-state index contributed by atoms with van der Waals surface area (Å²) in [7, 11) is 0. The Hall–Kier alpha value is -3.21. The summed E-state index contributed by atoms with van der Waals surface area (Å²) < 4.78 is 0. The molecule has 2 aromatic carbocycles. The van der Waals surface area contributed by atoms with E-state index in [4.69, 9.17) is 0 Å². The van der Waals surface area contributed by atoms with E-state index in [1.165, 1.54) is 5.69 Å². The van der Waals surface area contributed by atoms with Crippen molar-refractivity contribution in [2.24, 2.45) is 0 Å². The van der Waals surface area contributed by atoms with Crippen LogP contribution in [-0.4, -0.2) is 35.4 Å². The summed E-state index contributed by atoms with van der Waals surface area (Å²) in [6.45, 7) is 4.17. The van der Waals surface area contributed by atoms with Crippen LogP contribution in [0.3, 0.4) is 0 Å². The van der Waals surface area contributed by atoms with Gasteiger partial charge in [-0.1, -0.05) is 36.4 Å². The van der Waals surface area contributed by atoms with Gasteiger partial charge in [0.2, 0.25) is 0 Å². The normalized spacial score (nSPS) is 17.0. The van der Waals surface area contributed by atoms with Gasteiger partial charge >= 0.3 is 0 Å². The Morgan fingerprint density at radius 1 is 1.04 bits per heavy atom. The average Bonchev–Trinajstić information content (AvgIpc) is 2.74. The Labute approximate surface area is 159 Å². The molecule has 2 heterocycles. The number of hydrogen-bond donors (Lipinski definition) is 0. The Morgan fingerprint density at radius 2 is 1.89 bits per heavy atom. The first-order chi connectivity index (χ1) is 13.2. The van der Waals surface area contributed by atoms with Crippen molar-refractivity contribution in [3.05, 3.63) is 84.3 Å². The topological polar surface area (TPSA) is 49.3 Å². The number of nitrogens with zero attached hydrogens (tertiary/aromatic N) is 4. The molecule has 1 unspecified atom stereocenters. The van der Waals surface area contributed by atoms with Crippen molar-refractivity contribution in [3.63, 3.8) is 0 Å². The van der Waals surface area contributed by atoms with Gasteiger partial charge in [-0.3, -0.25) is 9.78 Å². The minimum absolute atomic E-state index is 0.0821. The smallest absolute Gasteiger partial charge is 0.159 e. The van der Waals surface area contributed by atoms with Gasteiger partial charge in [-0.25, -0.2) is 4.98 Å². The molecule has 0 amide bonds. The number of rotatable bonds is 4. The Morgan fingerprint density at radius 3 is 2.63 bits per heavy atom. The van der Waals surface area contributed by atoms with E-state index in [0.717, 1.165) is 36.6 Å². The number of ketones is 1. The van der Waals surface area contributed by atoms with E-state index in [0.29, 0.717) is 0 Å². The number of para-hydroxylation sites is 1. The Kier molecular flexibility index (Phi) is 4.83. The van der Waals surface area contributed by atoms with Crippen LogP contribution < -0.4 is 9.80 Å². The van der Waals surface area contributed by atoms with Crippen molar-refractivity contribution < 1.29 is 4.79 Å². The zero-order valence-electron chi connectivity index (χ0n) is 15.3. The molecule has 0 spiro atoms. The molecule has 3 aromatic rings. The maximum atomic E-state index is 11.9. The molecular formula is C22H22N4O. The maximum Gasteiger partial charge on any atom is 0.159 e. The standard InChI is InChI=1S/C22H22N4O/c1-17(27)18-6-5-7-19(14-18)21-16-25(20-8-3-2-4-9-20)12-13-26(21)22-15-23-10-11-24-22/h2-11,14-15,21H,12-13,16H2,1H3. The lowest BCUT2D eigenvalue weighted by Gasteiger charge is -2.43. The van der Waals surface area contributed by atoms with Gasteiger partial charge in [-0.2, -0.15) is 0 Å². The predicted molar refractivity (Wildman–Crippen MR) is 107 cm³/mol. The third-order valence-electron chi connectivity index (χ3n) is 5.02. The summed E-state index contributed by atoms with van der Waals surface area (Å²) in [6, 6.07) is 18.5. The summed E-state index contributed by atoms with van der Waals surface area (Å²) in [6.07, 6.45) is 5.22. The van der Waals surface area contributed by atoms with Crippen LogP contribution in [0, 0.1) is 0 Å². The van der Waals surface area contributed by atoms with Gasteiger partial charge in [0.05, 0.1) is 12.2 Å². The van der Waals surface area contributed by atoms with E-state index in [9.17, 15) is 4.79 Å². The van der Waals surface area contributed by atoms with E-state index in [1.54, 1.807) is 25.5 Å². The van der Waals surface area contributed by atoms with Crippen LogP contribution in [0.25, 0.3) is 0 Å². The van der Waals surface area contributed by atoms with Crippen molar-refractivity contribution in [2.45, 2.75) is 13.0 Å². The van der Waals surface area contributed by atoms with Crippen molar-refractivity contribution >= 4 is 17.3 Å². The van der Waals surface area contributed by atoms with Gasteiger partial charge in [0.25, 0.3) is 0 Å². The molecule has 27 heavy (non-hydrogen) atoms. The first-order valence-corrected chi connectivity index (χ1v) is 9.16. The number of Topliss-reactive ketones (excluding diaryl/α,β-unsaturated/α-hetero) is 1. The largest absolute Gasteiger partial charge is 0.367 e. The summed E-state index contributed by atoms with van der Waals surface area (Å²) in [5.41, 5.74) is 3.07. The monoisotopic (exact) mass is 358 g/mol. The average molecular weight is 358 g/mol. The number of carbonyl (C=O) groups is 1. The zero-order chi connectivity index (χ0) is 18.6. The van der Waals surface area contributed by atoms with Crippen LogP contribution in [0.15, 0.2) is 73.2 Å². The number of carbonyl (C=O) groups excluding carboxylic acids is 1. The third-order valence-corrected chi connectivity index (χ3v) is 5.02. The van der Waals surface area contributed by atoms with Crippen LogP contribution in [0.4, 0.5) is 11.5 Å². The molecule has 0 radical (unpaired) electrons. The number of aromatic nitrogens is 2. The van der Waals surface area contributed by atoms with E-state index in [-0.39, 0.29) is 11.8 Å². The van der Waals surface area contributed by atoms with Crippen molar-refractivity contribution in [3.8, 4) is 0 Å². The molecule has 1 aromatic heterocycles. The highest BCUT2D eigenvalue weighted by Crippen LogP contribution is 2.31. The van der Waals surface area contributed by atoms with Crippen LogP contribution in [0.1, 0.15) is 28.9 Å². The molecule has 4 rings (SSSR count). The fraction of sp³-hybridized carbons (Fsp3) is 0.227. The highest BCUT2D eigenvalue weighted by Gasteiger charge is 2.29. The molecule has 0 saturated carbocycles. The van der Waals surface area contributed by atoms with Crippen LogP contribution >= 0.6 is 0 Å². The predicted octanol–water partition coefficient (Wildman–Crippen LogP) is 3.75. The minimum atomic E-state index is 0.0821. The first kappa shape index (κ1) is 17.2. The Bertz CT molecular complexity index is 914. The van der Waals surface area contributed by atoms with E-state index < -0.39 is 0 Å². The van der Waals surface area contributed by atoms with E-state index in [2.05, 4.69) is 50.1 Å². The first-order valence-electron chi connectivity index (χ1n) is 9.16. The SMILES string of the molecule is CC(=O)c1cccc(C2CN(c3ccccc3)CCN2c2cnccn2)c1. The number of hydrogen-bond acceptors (Lipinski definition) is 5. The molecule has 0 bridgehead atoms. The third kappa shape index (κ3) is 3.67. The second-order valence-corrected chi connectivity index (χ2v) is 6.74. The fourth-order valence-electron chi connectivity index (χ4n) is 3.62. The van der Waals surface area contributed by atoms with E-state index >= 15 is 0 Å². The van der Waals surface area contributed by atoms with Gasteiger partial charge < -0.3 is 9.80 Å². The second-order valence-electron chi connectivity index (χ2n) is 6.74. The van der Waals surface area contributed by atoms with Crippen molar-refractivity contribution in [2.75, 3.05) is 29.4 Å². The molecule has 5 nitrogen and oxygen atoms in total. The molecule has 0 N–H and O–H groups in total. The van der Waals surface area contributed by atoms with Gasteiger partial charge in [-0.15, -0.1) is 0 Å². The fourth-order valence-corrected chi connectivity index (χ4v) is 3.62. The lowest BCUT2D eigenvalue weighted by atomic mass is 9.98. The summed E-state index contributed by atoms with van der Waals surface area (Å²) in [5, 5.41) is 0. The molecule has 1 aliphatic rings. The molecule has 1 fully saturated rings. The van der Waals surface area contributed by atoms with Crippen molar-refractivity contribution in [1.29, 1.82) is 0 Å². The number of piperazine rings is 1. The van der Waals surface area contributed by atoms with Crippen LogP contribution in [0.5, 0.6) is 0 Å². The van der Waals surface area contributed by atoms with Crippen LogP contribution in [0.2, 0.25) is 0 Å². The lowest BCUT2D eigenvalue weighted by molar-refractivity contribution is 0.101. The van der Waals surface area contributed by atoms with Gasteiger partial charge in [0.15, 0.2) is 5.78 Å². The molecule has 1 aliphatic heterocycles. The highest BCUT2D eigenvalue weighted by atomic mass is 16.1. The maximum absolute atomic E-state index is 11.9. The molecule has 136 valence electrons. The quantitative estimate of drug-likeness (QED) is 0.665. The van der Waals surface area contributed by atoms with E-state index in [1.807, 2.05) is 24.3 Å². The summed E-state index contributed by atoms with van der Waals surface area (Å²) in [5.74, 6) is 0.946. The number of anilines is 2. The molecule has 5 heteroatoms. The summed E-state index contributed by atoms with van der Waals surface area (Å²) >= 11 is 0. The second kappa shape index (κ2) is 7.58. The van der Waals surface area contributed by atoms with Crippen molar-refractivity contribution in [1.82, 2.24) is 9.97 Å². The van der Waals surface area contributed by atoms with Gasteiger partial charge in [-0.05, 0) is 30.7 Å². The molecule has 1 atom stereocenters. The van der Waals surface area contributed by atoms with Gasteiger partial charge in [0.1, 0.15) is 5.82 Å². The summed E-state index contributed by atoms with van der Waals surface area (Å²) in [4.78, 5) is 25.3. The van der Waals surface area contributed by atoms with Crippen LogP contribution in [-0.2, 0) is 0 Å². The number of benzene rings is 2. The molecule has 0 aliphatic carbocycles. The molecule has 1 saturated heterocycles. The van der Waals surface area contributed by atoms with Gasteiger partial charge in [0, 0.05) is 43.3 Å². The zero-order valence-corrected chi connectivity index (χ0v) is 15.3.